The van der Waals surface area contributed by atoms with E-state index in [0.29, 0.717) is 6.42 Å². The summed E-state index contributed by atoms with van der Waals surface area (Å²) in [5.74, 6) is -0.385. The van der Waals surface area contributed by atoms with E-state index in [9.17, 15) is 14.4 Å². The van der Waals surface area contributed by atoms with Gasteiger partial charge < -0.3 is 10.1 Å². The van der Waals surface area contributed by atoms with E-state index in [2.05, 4.69) is 15.6 Å². The van der Waals surface area contributed by atoms with Gasteiger partial charge in [-0.2, -0.15) is 0 Å². The number of esters is 1. The predicted molar refractivity (Wildman–Crippen MR) is 107 cm³/mol. The van der Waals surface area contributed by atoms with Crippen molar-refractivity contribution in [2.75, 3.05) is 5.75 Å². The number of hydrogen-bond acceptors (Lipinski definition) is 7. The SMILES string of the molecule is CC(C)NC(=O)NC(=O)[C@H](C)OC(=O)CCCSc1nc2ccccc2s1. The summed E-state index contributed by atoms with van der Waals surface area (Å²) < 4.78 is 7.17. The molecule has 0 spiro atoms. The summed E-state index contributed by atoms with van der Waals surface area (Å²) in [4.78, 5) is 39.7. The largest absolute Gasteiger partial charge is 0.453 e. The van der Waals surface area contributed by atoms with Crippen LogP contribution in [0, 0.1) is 0 Å². The van der Waals surface area contributed by atoms with Crippen LogP contribution in [0.15, 0.2) is 28.6 Å². The third-order valence-electron chi connectivity index (χ3n) is 3.36. The van der Waals surface area contributed by atoms with Crippen molar-refractivity contribution in [3.63, 3.8) is 0 Å². The number of imide groups is 1. The third-order valence-corrected chi connectivity index (χ3v) is 5.62. The number of benzene rings is 1. The molecule has 0 radical (unpaired) electrons. The number of carbonyl (C=O) groups excluding carboxylic acids is 3. The van der Waals surface area contributed by atoms with E-state index in [1.54, 1.807) is 36.9 Å². The molecule has 0 saturated heterocycles. The number of thiazole rings is 1. The van der Waals surface area contributed by atoms with Gasteiger partial charge in [-0.05, 0) is 39.3 Å². The Bertz CT molecular complexity index is 774. The monoisotopic (exact) mass is 409 g/mol. The minimum absolute atomic E-state index is 0.0939. The summed E-state index contributed by atoms with van der Waals surface area (Å²) in [6.07, 6.45) is -0.206. The number of para-hydroxylation sites is 1. The Kier molecular flexibility index (Phi) is 8.05. The second-order valence-corrected chi connectivity index (χ2v) is 8.52. The minimum Gasteiger partial charge on any atom is -0.453 e. The lowest BCUT2D eigenvalue weighted by molar-refractivity contribution is -0.154. The van der Waals surface area contributed by atoms with E-state index in [1.165, 1.54) is 6.92 Å². The van der Waals surface area contributed by atoms with Crippen molar-refractivity contribution in [1.29, 1.82) is 0 Å². The van der Waals surface area contributed by atoms with Crippen LogP contribution in [0.5, 0.6) is 0 Å². The second-order valence-electron chi connectivity index (χ2n) is 6.15. The molecule has 2 aromatic rings. The summed E-state index contributed by atoms with van der Waals surface area (Å²) in [5, 5.41) is 4.67. The predicted octanol–water partition coefficient (Wildman–Crippen LogP) is 3.33. The van der Waals surface area contributed by atoms with Gasteiger partial charge in [0.05, 0.1) is 10.2 Å². The number of urea groups is 1. The van der Waals surface area contributed by atoms with Crippen LogP contribution in [0.1, 0.15) is 33.6 Å². The molecular weight excluding hydrogens is 386 g/mol. The smallest absolute Gasteiger partial charge is 0.321 e. The molecule has 7 nitrogen and oxygen atoms in total. The molecule has 1 aromatic heterocycles. The maximum Gasteiger partial charge on any atom is 0.321 e. The highest BCUT2D eigenvalue weighted by molar-refractivity contribution is 8.01. The van der Waals surface area contributed by atoms with Crippen molar-refractivity contribution < 1.29 is 19.1 Å². The Morgan fingerprint density at radius 1 is 1.22 bits per heavy atom. The lowest BCUT2D eigenvalue weighted by atomic mass is 10.3. The summed E-state index contributed by atoms with van der Waals surface area (Å²) in [6.45, 7) is 4.99. The molecule has 0 aliphatic rings. The van der Waals surface area contributed by atoms with E-state index >= 15 is 0 Å². The summed E-state index contributed by atoms with van der Waals surface area (Å²) in [7, 11) is 0. The molecule has 0 fully saturated rings. The van der Waals surface area contributed by atoms with Crippen LogP contribution >= 0.6 is 23.1 Å². The van der Waals surface area contributed by atoms with Crippen molar-refractivity contribution in [2.24, 2.45) is 0 Å². The fourth-order valence-electron chi connectivity index (χ4n) is 2.11. The molecule has 2 rings (SSSR count). The van der Waals surface area contributed by atoms with Crippen LogP contribution in [0.3, 0.4) is 0 Å². The number of thioether (sulfide) groups is 1. The highest BCUT2D eigenvalue weighted by atomic mass is 32.2. The summed E-state index contributed by atoms with van der Waals surface area (Å²) in [5.41, 5.74) is 0.978. The maximum absolute atomic E-state index is 11.8. The molecule has 1 heterocycles. The summed E-state index contributed by atoms with van der Waals surface area (Å²) >= 11 is 3.22. The lowest BCUT2D eigenvalue weighted by Gasteiger charge is -2.14. The van der Waals surface area contributed by atoms with Gasteiger partial charge in [0.25, 0.3) is 5.91 Å². The van der Waals surface area contributed by atoms with Gasteiger partial charge in [-0.15, -0.1) is 11.3 Å². The first-order valence-electron chi connectivity index (χ1n) is 8.64. The number of carbonyl (C=O) groups is 3. The van der Waals surface area contributed by atoms with Gasteiger partial charge in [0, 0.05) is 18.2 Å². The van der Waals surface area contributed by atoms with Gasteiger partial charge in [0.2, 0.25) is 0 Å². The van der Waals surface area contributed by atoms with Gasteiger partial charge >= 0.3 is 12.0 Å². The molecule has 0 unspecified atom stereocenters. The Morgan fingerprint density at radius 2 is 1.96 bits per heavy atom. The quantitative estimate of drug-likeness (QED) is 0.394. The number of rotatable bonds is 8. The normalized spacial score (nSPS) is 12.0. The van der Waals surface area contributed by atoms with Gasteiger partial charge in [-0.1, -0.05) is 23.9 Å². The number of hydrogen-bond donors (Lipinski definition) is 2. The first-order chi connectivity index (χ1) is 12.8. The molecule has 3 amide bonds. The molecule has 2 N–H and O–H groups in total. The number of fused-ring (bicyclic) bond motifs is 1. The molecule has 1 atom stereocenters. The lowest BCUT2D eigenvalue weighted by Crippen LogP contribution is -2.46. The fourth-order valence-corrected chi connectivity index (χ4v) is 4.19. The highest BCUT2D eigenvalue weighted by Crippen LogP contribution is 2.29. The molecule has 1 aromatic carbocycles. The Balaban J connectivity index is 1.66. The Labute approximate surface area is 166 Å². The van der Waals surface area contributed by atoms with E-state index in [0.717, 1.165) is 20.3 Å². The van der Waals surface area contributed by atoms with Crippen LogP contribution in [0.25, 0.3) is 10.2 Å². The first-order valence-corrected chi connectivity index (χ1v) is 10.4. The number of amides is 3. The molecular formula is C18H23N3O4S2. The van der Waals surface area contributed by atoms with Gasteiger partial charge in [-0.25, -0.2) is 9.78 Å². The minimum atomic E-state index is -1.02. The van der Waals surface area contributed by atoms with Crippen LogP contribution in [0.4, 0.5) is 4.79 Å². The van der Waals surface area contributed by atoms with Crippen molar-refractivity contribution in [3.8, 4) is 0 Å². The third kappa shape index (κ3) is 7.18. The number of nitrogens with one attached hydrogen (secondary N) is 2. The first kappa shape index (κ1) is 21.2. The van der Waals surface area contributed by atoms with Crippen LogP contribution in [0.2, 0.25) is 0 Å². The van der Waals surface area contributed by atoms with E-state index in [4.69, 9.17) is 4.74 Å². The van der Waals surface area contributed by atoms with Gasteiger partial charge in [0.15, 0.2) is 10.4 Å². The van der Waals surface area contributed by atoms with Crippen molar-refractivity contribution in [2.45, 2.75) is 50.1 Å². The molecule has 27 heavy (non-hydrogen) atoms. The number of ether oxygens (including phenoxy) is 1. The fraction of sp³-hybridized carbons (Fsp3) is 0.444. The molecule has 0 aliphatic carbocycles. The number of nitrogens with zero attached hydrogens (tertiary/aromatic N) is 1. The van der Waals surface area contributed by atoms with E-state index in [1.807, 2.05) is 24.3 Å². The Morgan fingerprint density at radius 3 is 2.67 bits per heavy atom. The van der Waals surface area contributed by atoms with Gasteiger partial charge in [0.1, 0.15) is 0 Å². The summed E-state index contributed by atoms with van der Waals surface area (Å²) in [6, 6.07) is 7.24. The average Bonchev–Trinajstić information content (AvgIpc) is 3.00. The van der Waals surface area contributed by atoms with E-state index in [-0.39, 0.29) is 12.5 Å². The zero-order valence-electron chi connectivity index (χ0n) is 15.5. The van der Waals surface area contributed by atoms with Crippen molar-refractivity contribution in [3.05, 3.63) is 24.3 Å². The Hall–Kier alpha value is -2.13. The number of aromatic nitrogens is 1. The molecule has 146 valence electrons. The zero-order valence-corrected chi connectivity index (χ0v) is 17.1. The van der Waals surface area contributed by atoms with E-state index < -0.39 is 24.0 Å². The molecule has 9 heteroatoms. The van der Waals surface area contributed by atoms with Crippen LogP contribution in [-0.4, -0.2) is 40.8 Å². The van der Waals surface area contributed by atoms with Crippen molar-refractivity contribution >= 4 is 51.2 Å². The second kappa shape index (κ2) is 10.3. The van der Waals surface area contributed by atoms with Crippen molar-refractivity contribution in [1.82, 2.24) is 15.6 Å². The van der Waals surface area contributed by atoms with Gasteiger partial charge in [-0.3, -0.25) is 14.9 Å². The maximum atomic E-state index is 11.8. The highest BCUT2D eigenvalue weighted by Gasteiger charge is 2.20. The molecule has 0 aliphatic heterocycles. The van der Waals surface area contributed by atoms with Crippen LogP contribution in [-0.2, 0) is 14.3 Å². The zero-order chi connectivity index (χ0) is 19.8. The topological polar surface area (TPSA) is 97.4 Å². The average molecular weight is 410 g/mol. The molecule has 0 bridgehead atoms. The molecule has 0 saturated carbocycles. The standard InChI is InChI=1S/C18H23N3O4S2/c1-11(2)19-17(24)21-16(23)12(3)25-15(22)9-6-10-26-18-20-13-7-4-5-8-14(13)27-18/h4-5,7-8,11-12H,6,9-10H2,1-3H3,(H2,19,21,23,24)/t12-/m0/s1. The van der Waals surface area contributed by atoms with Crippen LogP contribution < -0.4 is 10.6 Å².